The molecule has 1 unspecified atom stereocenters. The fourth-order valence-corrected chi connectivity index (χ4v) is 1.92. The molecule has 0 N–H and O–H groups in total. The minimum Gasteiger partial charge on any atom is -0.247 e. The Labute approximate surface area is 89.3 Å². The second kappa shape index (κ2) is 9.48. The average Bonchev–Trinajstić information content (AvgIpc) is 2.15. The molecule has 0 aliphatic carbocycles. The van der Waals surface area contributed by atoms with E-state index in [0.717, 1.165) is 12.8 Å². The van der Waals surface area contributed by atoms with Gasteiger partial charge in [-0.15, -0.1) is 0 Å². The Hall–Kier alpha value is -0.0700. The monoisotopic (exact) mass is 202 g/mol. The molecular formula is C13H27F. The zero-order chi connectivity index (χ0) is 10.8. The van der Waals surface area contributed by atoms with Crippen molar-refractivity contribution in [1.82, 2.24) is 0 Å². The van der Waals surface area contributed by atoms with Gasteiger partial charge in [-0.25, -0.2) is 4.39 Å². The van der Waals surface area contributed by atoms with E-state index in [2.05, 4.69) is 13.8 Å². The molecule has 0 bridgehead atoms. The molecule has 0 spiro atoms. The van der Waals surface area contributed by atoms with Gasteiger partial charge in [-0.05, 0) is 25.7 Å². The predicted octanol–water partition coefficient (Wildman–Crippen LogP) is 5.12. The van der Waals surface area contributed by atoms with E-state index in [-0.39, 0.29) is 0 Å². The third-order valence-electron chi connectivity index (χ3n) is 3.01. The summed E-state index contributed by atoms with van der Waals surface area (Å²) in [5.74, 6) is 0.327. The largest absolute Gasteiger partial charge is 0.247 e. The zero-order valence-electron chi connectivity index (χ0n) is 10.2. The van der Waals surface area contributed by atoms with Crippen LogP contribution in [0, 0.1) is 5.92 Å². The van der Waals surface area contributed by atoms with Gasteiger partial charge in [0.05, 0.1) is 0 Å². The molecule has 86 valence electrons. The summed E-state index contributed by atoms with van der Waals surface area (Å²) in [7, 11) is 0. The van der Waals surface area contributed by atoms with Crippen molar-refractivity contribution >= 4 is 0 Å². The van der Waals surface area contributed by atoms with Crippen LogP contribution in [0.15, 0.2) is 0 Å². The fourth-order valence-electron chi connectivity index (χ4n) is 1.92. The Kier molecular flexibility index (Phi) is 9.44. The third-order valence-corrected chi connectivity index (χ3v) is 3.01. The van der Waals surface area contributed by atoms with E-state index in [1.807, 2.05) is 0 Å². The number of hydrogen-bond donors (Lipinski definition) is 0. The minimum absolute atomic E-state index is 0.327. The minimum atomic E-state index is -0.608. The lowest BCUT2D eigenvalue weighted by Crippen LogP contribution is -2.12. The number of halogens is 1. The SMILES string of the molecule is CCCCCC(CCCCC)C(C)F. The van der Waals surface area contributed by atoms with Gasteiger partial charge in [0, 0.05) is 0 Å². The van der Waals surface area contributed by atoms with Crippen molar-refractivity contribution in [2.45, 2.75) is 78.3 Å². The van der Waals surface area contributed by atoms with Crippen molar-refractivity contribution in [3.8, 4) is 0 Å². The van der Waals surface area contributed by atoms with Gasteiger partial charge in [0.25, 0.3) is 0 Å². The lowest BCUT2D eigenvalue weighted by atomic mass is 9.91. The maximum Gasteiger partial charge on any atom is 0.100 e. The van der Waals surface area contributed by atoms with E-state index < -0.39 is 6.17 Å². The molecule has 0 aromatic carbocycles. The quantitative estimate of drug-likeness (QED) is 0.455. The molecule has 0 saturated carbocycles. The van der Waals surface area contributed by atoms with Crippen LogP contribution in [0.4, 0.5) is 4.39 Å². The van der Waals surface area contributed by atoms with Crippen molar-refractivity contribution in [3.63, 3.8) is 0 Å². The molecule has 0 aromatic heterocycles. The van der Waals surface area contributed by atoms with Crippen LogP contribution in [0.3, 0.4) is 0 Å². The van der Waals surface area contributed by atoms with Gasteiger partial charge in [0.15, 0.2) is 0 Å². The van der Waals surface area contributed by atoms with Gasteiger partial charge < -0.3 is 0 Å². The van der Waals surface area contributed by atoms with E-state index in [9.17, 15) is 4.39 Å². The van der Waals surface area contributed by atoms with Gasteiger partial charge >= 0.3 is 0 Å². The Bertz CT molecular complexity index is 99.8. The topological polar surface area (TPSA) is 0 Å². The molecular weight excluding hydrogens is 175 g/mol. The first-order valence-corrected chi connectivity index (χ1v) is 6.36. The maximum atomic E-state index is 13.2. The standard InChI is InChI=1S/C13H27F/c1-4-6-8-10-13(12(3)14)11-9-7-5-2/h12-13H,4-11H2,1-3H3. The van der Waals surface area contributed by atoms with Crippen LogP contribution in [0.2, 0.25) is 0 Å². The second-order valence-corrected chi connectivity index (χ2v) is 4.43. The highest BCUT2D eigenvalue weighted by Gasteiger charge is 2.15. The van der Waals surface area contributed by atoms with Crippen molar-refractivity contribution in [2.75, 3.05) is 0 Å². The Balaban J connectivity index is 3.55. The van der Waals surface area contributed by atoms with Crippen LogP contribution >= 0.6 is 0 Å². The predicted molar refractivity (Wildman–Crippen MR) is 62.3 cm³/mol. The molecule has 0 aromatic rings. The molecule has 14 heavy (non-hydrogen) atoms. The summed E-state index contributed by atoms with van der Waals surface area (Å²) in [5.41, 5.74) is 0. The van der Waals surface area contributed by atoms with E-state index in [0.29, 0.717) is 5.92 Å². The molecule has 0 saturated heterocycles. The first-order valence-electron chi connectivity index (χ1n) is 6.36. The van der Waals surface area contributed by atoms with Crippen LogP contribution in [0.5, 0.6) is 0 Å². The Morgan fingerprint density at radius 3 is 1.57 bits per heavy atom. The molecule has 0 rings (SSSR count). The third kappa shape index (κ3) is 7.34. The number of hydrogen-bond acceptors (Lipinski definition) is 0. The highest BCUT2D eigenvalue weighted by Crippen LogP contribution is 2.22. The Morgan fingerprint density at radius 1 is 0.857 bits per heavy atom. The summed E-state index contributed by atoms with van der Waals surface area (Å²) in [4.78, 5) is 0. The first kappa shape index (κ1) is 13.9. The van der Waals surface area contributed by atoms with Crippen LogP contribution < -0.4 is 0 Å². The summed E-state index contributed by atoms with van der Waals surface area (Å²) >= 11 is 0. The lowest BCUT2D eigenvalue weighted by molar-refractivity contribution is 0.217. The zero-order valence-corrected chi connectivity index (χ0v) is 10.2. The van der Waals surface area contributed by atoms with Gasteiger partial charge in [0.2, 0.25) is 0 Å². The molecule has 1 atom stereocenters. The van der Waals surface area contributed by atoms with Crippen molar-refractivity contribution < 1.29 is 4.39 Å². The number of alkyl halides is 1. The fraction of sp³-hybridized carbons (Fsp3) is 1.00. The lowest BCUT2D eigenvalue weighted by Gasteiger charge is -2.17. The molecule has 0 radical (unpaired) electrons. The van der Waals surface area contributed by atoms with Gasteiger partial charge in [0.1, 0.15) is 6.17 Å². The van der Waals surface area contributed by atoms with Crippen LogP contribution in [-0.4, -0.2) is 6.17 Å². The van der Waals surface area contributed by atoms with Gasteiger partial charge in [-0.1, -0.05) is 52.4 Å². The van der Waals surface area contributed by atoms with Crippen LogP contribution in [-0.2, 0) is 0 Å². The average molecular weight is 202 g/mol. The van der Waals surface area contributed by atoms with Crippen LogP contribution in [0.1, 0.15) is 72.1 Å². The molecule has 1 heteroatoms. The Morgan fingerprint density at radius 2 is 1.29 bits per heavy atom. The number of rotatable bonds is 9. The molecule has 0 heterocycles. The summed E-state index contributed by atoms with van der Waals surface area (Å²) in [5, 5.41) is 0. The maximum absolute atomic E-state index is 13.2. The van der Waals surface area contributed by atoms with E-state index in [1.165, 1.54) is 38.5 Å². The summed E-state index contributed by atoms with van der Waals surface area (Å²) < 4.78 is 13.2. The first-order chi connectivity index (χ1) is 6.72. The number of unbranched alkanes of at least 4 members (excludes halogenated alkanes) is 4. The smallest absolute Gasteiger partial charge is 0.100 e. The van der Waals surface area contributed by atoms with Gasteiger partial charge in [-0.2, -0.15) is 0 Å². The van der Waals surface area contributed by atoms with E-state index in [4.69, 9.17) is 0 Å². The molecule has 0 aliphatic heterocycles. The normalized spacial score (nSPS) is 13.5. The summed E-state index contributed by atoms with van der Waals surface area (Å²) in [6.07, 6.45) is 9.00. The molecule has 0 fully saturated rings. The van der Waals surface area contributed by atoms with Crippen molar-refractivity contribution in [3.05, 3.63) is 0 Å². The van der Waals surface area contributed by atoms with Crippen LogP contribution in [0.25, 0.3) is 0 Å². The van der Waals surface area contributed by atoms with E-state index in [1.54, 1.807) is 6.92 Å². The van der Waals surface area contributed by atoms with E-state index >= 15 is 0 Å². The highest BCUT2D eigenvalue weighted by molar-refractivity contribution is 4.65. The van der Waals surface area contributed by atoms with Crippen molar-refractivity contribution in [2.24, 2.45) is 5.92 Å². The highest BCUT2D eigenvalue weighted by atomic mass is 19.1. The molecule has 0 aliphatic rings. The summed E-state index contributed by atoms with van der Waals surface area (Å²) in [6.45, 7) is 6.12. The molecule has 0 nitrogen and oxygen atoms in total. The summed E-state index contributed by atoms with van der Waals surface area (Å²) in [6, 6.07) is 0. The van der Waals surface area contributed by atoms with Gasteiger partial charge in [-0.3, -0.25) is 0 Å². The second-order valence-electron chi connectivity index (χ2n) is 4.43. The molecule has 0 amide bonds. The van der Waals surface area contributed by atoms with Crippen molar-refractivity contribution in [1.29, 1.82) is 0 Å².